The molecule has 3 aromatic rings. The number of fused-ring (bicyclic) bond motifs is 1. The summed E-state index contributed by atoms with van der Waals surface area (Å²) in [5.41, 5.74) is 2.39. The molecule has 2 N–H and O–H groups in total. The molecule has 0 saturated heterocycles. The molecular weight excluding hydrogens is 308 g/mol. The first-order valence-corrected chi connectivity index (χ1v) is 7.72. The van der Waals surface area contributed by atoms with Crippen molar-refractivity contribution in [3.8, 4) is 11.5 Å². The number of aromatic nitrogens is 3. The zero-order chi connectivity index (χ0) is 16.9. The Morgan fingerprint density at radius 3 is 2.62 bits per heavy atom. The van der Waals surface area contributed by atoms with Crippen molar-refractivity contribution in [3.63, 3.8) is 0 Å². The van der Waals surface area contributed by atoms with Crippen LogP contribution in [0.4, 0.5) is 5.69 Å². The maximum absolute atomic E-state index is 12.5. The summed E-state index contributed by atoms with van der Waals surface area (Å²) in [6.45, 7) is 4.84. The van der Waals surface area contributed by atoms with Gasteiger partial charge in [0.25, 0.3) is 5.91 Å². The van der Waals surface area contributed by atoms with Gasteiger partial charge in [-0.2, -0.15) is 15.4 Å². The number of hydrogen-bond donors (Lipinski definition) is 2. The van der Waals surface area contributed by atoms with Crippen LogP contribution in [0.25, 0.3) is 11.0 Å². The van der Waals surface area contributed by atoms with E-state index in [0.717, 1.165) is 0 Å². The molecule has 0 unspecified atom stereocenters. The van der Waals surface area contributed by atoms with E-state index in [9.17, 15) is 4.79 Å². The van der Waals surface area contributed by atoms with E-state index in [-0.39, 0.29) is 5.91 Å². The van der Waals surface area contributed by atoms with Crippen molar-refractivity contribution in [2.75, 3.05) is 18.5 Å². The third-order valence-electron chi connectivity index (χ3n) is 3.39. The quantitative estimate of drug-likeness (QED) is 0.727. The van der Waals surface area contributed by atoms with E-state index in [1.807, 2.05) is 19.9 Å². The van der Waals surface area contributed by atoms with E-state index in [1.54, 1.807) is 30.3 Å². The van der Waals surface area contributed by atoms with Crippen molar-refractivity contribution in [2.45, 2.75) is 13.8 Å². The third-order valence-corrected chi connectivity index (χ3v) is 3.39. The normalized spacial score (nSPS) is 10.6. The van der Waals surface area contributed by atoms with Gasteiger partial charge in [0.05, 0.1) is 18.9 Å². The number of nitrogens with zero attached hydrogens (tertiary/aromatic N) is 2. The van der Waals surface area contributed by atoms with E-state index in [4.69, 9.17) is 9.47 Å². The molecule has 0 saturated carbocycles. The summed E-state index contributed by atoms with van der Waals surface area (Å²) >= 11 is 0. The molecular formula is C17H18N4O3. The number of carbonyl (C=O) groups is 1. The van der Waals surface area contributed by atoms with Gasteiger partial charge >= 0.3 is 0 Å². The first-order valence-electron chi connectivity index (χ1n) is 7.72. The van der Waals surface area contributed by atoms with Crippen LogP contribution in [0.1, 0.15) is 24.2 Å². The molecule has 0 aliphatic rings. The van der Waals surface area contributed by atoms with Gasteiger partial charge in [0.1, 0.15) is 22.5 Å². The molecule has 3 rings (SSSR count). The van der Waals surface area contributed by atoms with Gasteiger partial charge in [0, 0.05) is 11.6 Å². The minimum atomic E-state index is -0.255. The van der Waals surface area contributed by atoms with Gasteiger partial charge in [-0.15, -0.1) is 0 Å². The molecule has 24 heavy (non-hydrogen) atoms. The summed E-state index contributed by atoms with van der Waals surface area (Å²) < 4.78 is 11.1. The zero-order valence-electron chi connectivity index (χ0n) is 13.5. The van der Waals surface area contributed by atoms with Crippen molar-refractivity contribution in [1.29, 1.82) is 0 Å². The summed E-state index contributed by atoms with van der Waals surface area (Å²) in [5.74, 6) is 1.01. The minimum absolute atomic E-state index is 0.255. The molecule has 0 bridgehead atoms. The SMILES string of the molecule is CCOc1ccc(OCC)c(NC(=O)c2ccc3n[nH]nc3c2)c1. The van der Waals surface area contributed by atoms with E-state index in [2.05, 4.69) is 20.7 Å². The number of hydrogen-bond acceptors (Lipinski definition) is 5. The van der Waals surface area contributed by atoms with Gasteiger partial charge in [-0.1, -0.05) is 0 Å². The minimum Gasteiger partial charge on any atom is -0.494 e. The molecule has 1 amide bonds. The van der Waals surface area contributed by atoms with Gasteiger partial charge in [0.15, 0.2) is 0 Å². The summed E-state index contributed by atoms with van der Waals surface area (Å²) in [6.07, 6.45) is 0. The summed E-state index contributed by atoms with van der Waals surface area (Å²) in [4.78, 5) is 12.5. The molecule has 0 radical (unpaired) electrons. The number of aromatic amines is 1. The van der Waals surface area contributed by atoms with Crippen molar-refractivity contribution < 1.29 is 14.3 Å². The lowest BCUT2D eigenvalue weighted by Crippen LogP contribution is -2.13. The van der Waals surface area contributed by atoms with Gasteiger partial charge in [0.2, 0.25) is 0 Å². The number of ether oxygens (including phenoxy) is 2. The Morgan fingerprint density at radius 2 is 1.83 bits per heavy atom. The molecule has 1 aromatic heterocycles. The van der Waals surface area contributed by atoms with Gasteiger partial charge in [-0.05, 0) is 44.2 Å². The number of H-pyrrole nitrogens is 1. The highest BCUT2D eigenvalue weighted by Crippen LogP contribution is 2.30. The van der Waals surface area contributed by atoms with Crippen LogP contribution in [0.5, 0.6) is 11.5 Å². The maximum Gasteiger partial charge on any atom is 0.255 e. The standard InChI is InChI=1S/C17H18N4O3/c1-3-23-12-6-8-16(24-4-2)15(10-12)18-17(22)11-5-7-13-14(9-11)20-21-19-13/h5-10H,3-4H2,1-2H3,(H,18,22)(H,19,20,21). The van der Waals surface area contributed by atoms with Crippen molar-refractivity contribution in [2.24, 2.45) is 0 Å². The first kappa shape index (κ1) is 15.8. The van der Waals surface area contributed by atoms with E-state index >= 15 is 0 Å². The lowest BCUT2D eigenvalue weighted by Gasteiger charge is -2.13. The fourth-order valence-electron chi connectivity index (χ4n) is 2.32. The van der Waals surface area contributed by atoms with Crippen LogP contribution in [0.3, 0.4) is 0 Å². The Kier molecular flexibility index (Phi) is 4.60. The number of amides is 1. The number of rotatable bonds is 6. The smallest absolute Gasteiger partial charge is 0.255 e. The number of anilines is 1. The highest BCUT2D eigenvalue weighted by molar-refractivity contribution is 6.06. The van der Waals surface area contributed by atoms with Crippen molar-refractivity contribution in [1.82, 2.24) is 15.4 Å². The van der Waals surface area contributed by atoms with Crippen LogP contribution in [-0.4, -0.2) is 34.5 Å². The molecule has 7 heteroatoms. The van der Waals surface area contributed by atoms with Crippen LogP contribution in [0, 0.1) is 0 Å². The number of carbonyl (C=O) groups excluding carboxylic acids is 1. The summed E-state index contributed by atoms with van der Waals surface area (Å²) in [6, 6.07) is 10.5. The fraction of sp³-hybridized carbons (Fsp3) is 0.235. The highest BCUT2D eigenvalue weighted by atomic mass is 16.5. The maximum atomic E-state index is 12.5. The molecule has 0 aliphatic carbocycles. The Labute approximate surface area is 139 Å². The monoisotopic (exact) mass is 326 g/mol. The van der Waals surface area contributed by atoms with Crippen LogP contribution in [0.2, 0.25) is 0 Å². The predicted molar refractivity (Wildman–Crippen MR) is 90.6 cm³/mol. The van der Waals surface area contributed by atoms with Crippen LogP contribution < -0.4 is 14.8 Å². The lowest BCUT2D eigenvalue weighted by atomic mass is 10.1. The predicted octanol–water partition coefficient (Wildman–Crippen LogP) is 3.01. The molecule has 0 aliphatic heterocycles. The largest absolute Gasteiger partial charge is 0.494 e. The average molecular weight is 326 g/mol. The van der Waals surface area contributed by atoms with Gasteiger partial charge < -0.3 is 14.8 Å². The Hall–Kier alpha value is -3.09. The number of nitrogens with one attached hydrogen (secondary N) is 2. The van der Waals surface area contributed by atoms with E-state index in [0.29, 0.717) is 47.0 Å². The molecule has 0 atom stereocenters. The van der Waals surface area contributed by atoms with Crippen molar-refractivity contribution >= 4 is 22.6 Å². The molecule has 0 spiro atoms. The zero-order valence-corrected chi connectivity index (χ0v) is 13.5. The fourth-order valence-corrected chi connectivity index (χ4v) is 2.32. The second-order valence-electron chi connectivity index (χ2n) is 5.01. The van der Waals surface area contributed by atoms with Crippen LogP contribution in [0.15, 0.2) is 36.4 Å². The Bertz CT molecular complexity index is 860. The number of benzene rings is 2. The molecule has 2 aromatic carbocycles. The molecule has 124 valence electrons. The highest BCUT2D eigenvalue weighted by Gasteiger charge is 2.13. The molecule has 7 nitrogen and oxygen atoms in total. The third kappa shape index (κ3) is 3.29. The first-order chi connectivity index (χ1) is 11.7. The van der Waals surface area contributed by atoms with Gasteiger partial charge in [-0.25, -0.2) is 0 Å². The van der Waals surface area contributed by atoms with Crippen molar-refractivity contribution in [3.05, 3.63) is 42.0 Å². The summed E-state index contributed by atoms with van der Waals surface area (Å²) in [5, 5.41) is 13.4. The molecule has 0 fully saturated rings. The molecule has 1 heterocycles. The summed E-state index contributed by atoms with van der Waals surface area (Å²) in [7, 11) is 0. The second-order valence-corrected chi connectivity index (χ2v) is 5.01. The second kappa shape index (κ2) is 6.99. The lowest BCUT2D eigenvalue weighted by molar-refractivity contribution is 0.102. The van der Waals surface area contributed by atoms with Crippen LogP contribution in [-0.2, 0) is 0 Å². The Morgan fingerprint density at radius 1 is 1.04 bits per heavy atom. The van der Waals surface area contributed by atoms with Gasteiger partial charge in [-0.3, -0.25) is 4.79 Å². The van der Waals surface area contributed by atoms with E-state index < -0.39 is 0 Å². The average Bonchev–Trinajstić information content (AvgIpc) is 3.05. The van der Waals surface area contributed by atoms with Crippen LogP contribution >= 0.6 is 0 Å². The van der Waals surface area contributed by atoms with E-state index in [1.165, 1.54) is 0 Å². The topological polar surface area (TPSA) is 89.1 Å². The Balaban J connectivity index is 1.87.